The Bertz CT molecular complexity index is 1050. The van der Waals surface area contributed by atoms with Crippen LogP contribution in [0.3, 0.4) is 0 Å². The first kappa shape index (κ1) is 17.7. The molecule has 1 aromatic carbocycles. The van der Waals surface area contributed by atoms with Crippen molar-refractivity contribution in [2.75, 3.05) is 6.79 Å². The van der Waals surface area contributed by atoms with Crippen molar-refractivity contribution in [3.05, 3.63) is 64.3 Å². The number of nitrogens with zero attached hydrogens (tertiary/aromatic N) is 3. The molecular formula is C19H17N5O4. The number of H-pyrrole nitrogens is 1. The molecule has 4 rings (SSSR count). The van der Waals surface area contributed by atoms with Crippen LogP contribution in [0.25, 0.3) is 11.4 Å². The highest BCUT2D eigenvalue weighted by molar-refractivity contribution is 5.76. The maximum atomic E-state index is 12.3. The topological polar surface area (TPSA) is 119 Å². The molecule has 0 aliphatic carbocycles. The molecule has 0 saturated carbocycles. The SMILES string of the molecule is O=C(CCc1nnc(-c2ccc3c(c2)OCO3)[nH]c1=O)NCc1cccnc1. The maximum absolute atomic E-state index is 12.3. The molecular weight excluding hydrogens is 362 g/mol. The molecule has 142 valence electrons. The lowest BCUT2D eigenvalue weighted by molar-refractivity contribution is -0.121. The van der Waals surface area contributed by atoms with E-state index in [9.17, 15) is 9.59 Å². The molecule has 9 nitrogen and oxygen atoms in total. The van der Waals surface area contributed by atoms with Crippen LogP contribution in [0.15, 0.2) is 47.5 Å². The van der Waals surface area contributed by atoms with Gasteiger partial charge in [-0.05, 0) is 29.8 Å². The monoisotopic (exact) mass is 379 g/mol. The minimum atomic E-state index is -0.372. The Morgan fingerprint density at radius 3 is 2.89 bits per heavy atom. The van der Waals surface area contributed by atoms with E-state index in [1.165, 1.54) is 0 Å². The van der Waals surface area contributed by atoms with Gasteiger partial charge in [0.05, 0.1) is 0 Å². The number of ether oxygens (including phenoxy) is 2. The van der Waals surface area contributed by atoms with Gasteiger partial charge in [-0.25, -0.2) is 0 Å². The van der Waals surface area contributed by atoms with Crippen LogP contribution in [0.4, 0.5) is 0 Å². The minimum absolute atomic E-state index is 0.140. The summed E-state index contributed by atoms with van der Waals surface area (Å²) in [7, 11) is 0. The van der Waals surface area contributed by atoms with E-state index in [2.05, 4.69) is 25.5 Å². The molecule has 0 unspecified atom stereocenters. The van der Waals surface area contributed by atoms with Crippen LogP contribution in [-0.2, 0) is 17.8 Å². The number of benzene rings is 1. The van der Waals surface area contributed by atoms with E-state index in [1.54, 1.807) is 36.7 Å². The number of aromatic nitrogens is 4. The molecule has 2 aromatic heterocycles. The number of pyridine rings is 1. The van der Waals surface area contributed by atoms with E-state index in [4.69, 9.17) is 9.47 Å². The zero-order valence-corrected chi connectivity index (χ0v) is 14.8. The Labute approximate surface area is 159 Å². The first-order valence-corrected chi connectivity index (χ1v) is 8.70. The van der Waals surface area contributed by atoms with Crippen LogP contribution in [0, 0.1) is 0 Å². The van der Waals surface area contributed by atoms with Crippen molar-refractivity contribution in [1.82, 2.24) is 25.5 Å². The van der Waals surface area contributed by atoms with Gasteiger partial charge in [-0.2, -0.15) is 0 Å². The van der Waals surface area contributed by atoms with Crippen LogP contribution in [-0.4, -0.2) is 32.9 Å². The number of fused-ring (bicyclic) bond motifs is 1. The quantitative estimate of drug-likeness (QED) is 0.660. The van der Waals surface area contributed by atoms with Gasteiger partial charge in [-0.3, -0.25) is 14.6 Å². The van der Waals surface area contributed by atoms with Crippen LogP contribution >= 0.6 is 0 Å². The zero-order valence-electron chi connectivity index (χ0n) is 14.8. The molecule has 0 fully saturated rings. The van der Waals surface area contributed by atoms with Crippen LogP contribution in [0.1, 0.15) is 17.7 Å². The van der Waals surface area contributed by atoms with Crippen molar-refractivity contribution in [2.45, 2.75) is 19.4 Å². The Morgan fingerprint density at radius 1 is 1.18 bits per heavy atom. The van der Waals surface area contributed by atoms with Gasteiger partial charge < -0.3 is 19.8 Å². The third kappa shape index (κ3) is 3.98. The fraction of sp³-hybridized carbons (Fsp3) is 0.211. The van der Waals surface area contributed by atoms with Gasteiger partial charge in [0.1, 0.15) is 5.69 Å². The number of amides is 1. The third-order valence-corrected chi connectivity index (χ3v) is 4.21. The number of carbonyl (C=O) groups excluding carboxylic acids is 1. The van der Waals surface area contributed by atoms with Gasteiger partial charge in [0.25, 0.3) is 5.56 Å². The van der Waals surface area contributed by atoms with Gasteiger partial charge in [0.15, 0.2) is 17.3 Å². The fourth-order valence-electron chi connectivity index (χ4n) is 2.72. The lowest BCUT2D eigenvalue weighted by Gasteiger charge is -2.05. The van der Waals surface area contributed by atoms with Crippen molar-refractivity contribution < 1.29 is 14.3 Å². The van der Waals surface area contributed by atoms with E-state index in [0.29, 0.717) is 29.4 Å². The van der Waals surface area contributed by atoms with Crippen molar-refractivity contribution in [3.8, 4) is 22.9 Å². The molecule has 28 heavy (non-hydrogen) atoms. The number of carbonyl (C=O) groups is 1. The highest BCUT2D eigenvalue weighted by Gasteiger charge is 2.15. The molecule has 3 aromatic rings. The largest absolute Gasteiger partial charge is 0.454 e. The van der Waals surface area contributed by atoms with E-state index < -0.39 is 0 Å². The van der Waals surface area contributed by atoms with Crippen molar-refractivity contribution >= 4 is 5.91 Å². The summed E-state index contributed by atoms with van der Waals surface area (Å²) in [5, 5.41) is 10.8. The molecule has 9 heteroatoms. The van der Waals surface area contributed by atoms with Crippen LogP contribution < -0.4 is 20.3 Å². The highest BCUT2D eigenvalue weighted by atomic mass is 16.7. The van der Waals surface area contributed by atoms with Crippen molar-refractivity contribution in [3.63, 3.8) is 0 Å². The minimum Gasteiger partial charge on any atom is -0.454 e. The summed E-state index contributed by atoms with van der Waals surface area (Å²) in [5.41, 5.74) is 1.40. The standard InChI is InChI=1S/C19H17N5O4/c25-17(21-10-12-2-1-7-20-9-12)6-4-14-19(26)22-18(24-23-14)13-3-5-15-16(8-13)28-11-27-15/h1-3,5,7-9H,4,6,10-11H2,(H,21,25)(H,22,24,26). The summed E-state index contributed by atoms with van der Waals surface area (Å²) in [6.45, 7) is 0.556. The summed E-state index contributed by atoms with van der Waals surface area (Å²) < 4.78 is 10.6. The number of nitrogens with one attached hydrogen (secondary N) is 2. The second kappa shape index (κ2) is 7.87. The third-order valence-electron chi connectivity index (χ3n) is 4.21. The number of hydrogen-bond donors (Lipinski definition) is 2. The Hall–Kier alpha value is -3.75. The second-order valence-corrected chi connectivity index (χ2v) is 6.16. The number of aryl methyl sites for hydroxylation is 1. The molecule has 1 amide bonds. The Morgan fingerprint density at radius 2 is 2.07 bits per heavy atom. The first-order valence-electron chi connectivity index (χ1n) is 8.70. The lowest BCUT2D eigenvalue weighted by atomic mass is 10.2. The number of aromatic amines is 1. The summed E-state index contributed by atoms with van der Waals surface area (Å²) in [6.07, 6.45) is 3.69. The van der Waals surface area contributed by atoms with E-state index in [1.807, 2.05) is 6.07 Å². The summed E-state index contributed by atoms with van der Waals surface area (Å²) >= 11 is 0. The van der Waals surface area contributed by atoms with Crippen molar-refractivity contribution in [2.24, 2.45) is 0 Å². The molecule has 0 radical (unpaired) electrons. The van der Waals surface area contributed by atoms with Crippen LogP contribution in [0.5, 0.6) is 11.5 Å². The first-order chi connectivity index (χ1) is 13.7. The van der Waals surface area contributed by atoms with Crippen molar-refractivity contribution in [1.29, 1.82) is 0 Å². The molecule has 3 heterocycles. The zero-order chi connectivity index (χ0) is 19.3. The van der Waals surface area contributed by atoms with E-state index in [0.717, 1.165) is 5.56 Å². The smallest absolute Gasteiger partial charge is 0.273 e. The molecule has 1 aliphatic heterocycles. The molecule has 0 spiro atoms. The molecule has 0 bridgehead atoms. The highest BCUT2D eigenvalue weighted by Crippen LogP contribution is 2.34. The number of rotatable bonds is 6. The Kier molecular flexibility index (Phi) is 4.96. The van der Waals surface area contributed by atoms with Gasteiger partial charge in [-0.1, -0.05) is 6.07 Å². The average Bonchev–Trinajstić information content (AvgIpc) is 3.20. The lowest BCUT2D eigenvalue weighted by Crippen LogP contribution is -2.25. The predicted octanol–water partition coefficient (Wildman–Crippen LogP) is 1.20. The molecule has 0 atom stereocenters. The Balaban J connectivity index is 1.37. The second-order valence-electron chi connectivity index (χ2n) is 6.16. The molecule has 2 N–H and O–H groups in total. The van der Waals surface area contributed by atoms with Gasteiger partial charge in [-0.15, -0.1) is 10.2 Å². The summed E-state index contributed by atoms with van der Waals surface area (Å²) in [6, 6.07) is 8.92. The normalized spacial score (nSPS) is 12.0. The van der Waals surface area contributed by atoms with E-state index in [-0.39, 0.29) is 36.8 Å². The van der Waals surface area contributed by atoms with Gasteiger partial charge in [0, 0.05) is 37.3 Å². The fourth-order valence-corrected chi connectivity index (χ4v) is 2.72. The summed E-state index contributed by atoms with van der Waals surface area (Å²) in [4.78, 5) is 31.0. The maximum Gasteiger partial charge on any atom is 0.273 e. The molecule has 0 saturated heterocycles. The number of hydrogen-bond acceptors (Lipinski definition) is 7. The average molecular weight is 379 g/mol. The van der Waals surface area contributed by atoms with Crippen LogP contribution in [0.2, 0.25) is 0 Å². The van der Waals surface area contributed by atoms with Gasteiger partial charge >= 0.3 is 0 Å². The molecule has 1 aliphatic rings. The van der Waals surface area contributed by atoms with E-state index >= 15 is 0 Å². The van der Waals surface area contributed by atoms with Gasteiger partial charge in [0.2, 0.25) is 12.7 Å². The predicted molar refractivity (Wildman–Crippen MR) is 98.6 cm³/mol. The summed E-state index contributed by atoms with van der Waals surface area (Å²) in [5.74, 6) is 1.39.